The van der Waals surface area contributed by atoms with Crippen LogP contribution in [-0.2, 0) is 11.2 Å². The first-order chi connectivity index (χ1) is 11.5. The SMILES string of the molecule is Cc1cc(C)n(-c2cc(NC(=O)Cc3ccccc3C)ncn2)n1. The third kappa shape index (κ3) is 3.48. The average molecular weight is 321 g/mol. The highest BCUT2D eigenvalue weighted by Gasteiger charge is 2.10. The number of nitrogens with zero attached hydrogens (tertiary/aromatic N) is 4. The molecule has 0 saturated heterocycles. The minimum absolute atomic E-state index is 0.109. The molecule has 122 valence electrons. The summed E-state index contributed by atoms with van der Waals surface area (Å²) < 4.78 is 1.73. The van der Waals surface area contributed by atoms with Gasteiger partial charge in [-0.3, -0.25) is 4.79 Å². The minimum Gasteiger partial charge on any atom is -0.310 e. The standard InChI is InChI=1S/C18H19N5O/c1-12-6-4-5-7-15(12)9-18(24)21-16-10-17(20-11-19-16)23-14(3)8-13(2)22-23/h4-8,10-11H,9H2,1-3H3,(H,19,20,21,24). The lowest BCUT2D eigenvalue weighted by Crippen LogP contribution is -2.16. The number of aryl methyl sites for hydroxylation is 3. The number of rotatable bonds is 4. The molecule has 6 heteroatoms. The fraction of sp³-hybridized carbons (Fsp3) is 0.222. The largest absolute Gasteiger partial charge is 0.310 e. The first-order valence-corrected chi connectivity index (χ1v) is 7.73. The number of nitrogens with one attached hydrogen (secondary N) is 1. The van der Waals surface area contributed by atoms with Gasteiger partial charge in [0, 0.05) is 11.8 Å². The lowest BCUT2D eigenvalue weighted by molar-refractivity contribution is -0.115. The van der Waals surface area contributed by atoms with Crippen molar-refractivity contribution in [2.75, 3.05) is 5.32 Å². The third-order valence-electron chi connectivity index (χ3n) is 3.76. The number of hydrogen-bond acceptors (Lipinski definition) is 4. The second-order valence-electron chi connectivity index (χ2n) is 5.75. The van der Waals surface area contributed by atoms with Crippen molar-refractivity contribution in [1.82, 2.24) is 19.7 Å². The normalized spacial score (nSPS) is 10.6. The lowest BCUT2D eigenvalue weighted by atomic mass is 10.1. The smallest absolute Gasteiger partial charge is 0.229 e. The lowest BCUT2D eigenvalue weighted by Gasteiger charge is -2.08. The van der Waals surface area contributed by atoms with Crippen molar-refractivity contribution in [3.05, 3.63) is 65.2 Å². The van der Waals surface area contributed by atoms with Crippen molar-refractivity contribution >= 4 is 11.7 Å². The van der Waals surface area contributed by atoms with Crippen LogP contribution in [0.5, 0.6) is 0 Å². The van der Waals surface area contributed by atoms with Gasteiger partial charge in [0.25, 0.3) is 0 Å². The summed E-state index contributed by atoms with van der Waals surface area (Å²) in [5.74, 6) is 0.982. The van der Waals surface area contributed by atoms with Crippen LogP contribution in [0.25, 0.3) is 5.82 Å². The van der Waals surface area contributed by atoms with Crippen LogP contribution >= 0.6 is 0 Å². The molecule has 6 nitrogen and oxygen atoms in total. The van der Waals surface area contributed by atoms with Crippen LogP contribution in [0.1, 0.15) is 22.5 Å². The molecule has 0 saturated carbocycles. The predicted octanol–water partition coefficient (Wildman–Crippen LogP) is 2.77. The molecule has 3 aromatic rings. The van der Waals surface area contributed by atoms with E-state index in [0.717, 1.165) is 22.5 Å². The maximum atomic E-state index is 12.3. The summed E-state index contributed by atoms with van der Waals surface area (Å²) in [7, 11) is 0. The highest BCUT2D eigenvalue weighted by Crippen LogP contribution is 2.13. The van der Waals surface area contributed by atoms with Gasteiger partial charge in [-0.1, -0.05) is 24.3 Å². The Balaban J connectivity index is 1.76. The molecule has 0 atom stereocenters. The Hall–Kier alpha value is -3.02. The Morgan fingerprint density at radius 3 is 2.62 bits per heavy atom. The van der Waals surface area contributed by atoms with E-state index >= 15 is 0 Å². The molecule has 0 bridgehead atoms. The summed E-state index contributed by atoms with van der Waals surface area (Å²) in [6.45, 7) is 5.88. The highest BCUT2D eigenvalue weighted by molar-refractivity contribution is 5.91. The van der Waals surface area contributed by atoms with Gasteiger partial charge >= 0.3 is 0 Å². The van der Waals surface area contributed by atoms with Crippen LogP contribution in [0.2, 0.25) is 0 Å². The van der Waals surface area contributed by atoms with Crippen molar-refractivity contribution in [2.45, 2.75) is 27.2 Å². The highest BCUT2D eigenvalue weighted by atomic mass is 16.1. The van der Waals surface area contributed by atoms with Gasteiger partial charge < -0.3 is 5.32 Å². The van der Waals surface area contributed by atoms with Gasteiger partial charge in [-0.25, -0.2) is 14.6 Å². The Bertz CT molecular complexity index is 885. The zero-order valence-electron chi connectivity index (χ0n) is 13.9. The molecule has 0 spiro atoms. The number of amides is 1. The Morgan fingerprint density at radius 1 is 1.12 bits per heavy atom. The number of carbonyl (C=O) groups is 1. The van der Waals surface area contributed by atoms with Crippen LogP contribution in [0.3, 0.4) is 0 Å². The van der Waals surface area contributed by atoms with E-state index in [-0.39, 0.29) is 5.91 Å². The second kappa shape index (κ2) is 6.62. The molecule has 2 aromatic heterocycles. The van der Waals surface area contributed by atoms with Gasteiger partial charge in [0.15, 0.2) is 5.82 Å². The molecule has 0 fully saturated rings. The number of carbonyl (C=O) groups excluding carboxylic acids is 1. The molecule has 24 heavy (non-hydrogen) atoms. The van der Waals surface area contributed by atoms with Crippen molar-refractivity contribution in [2.24, 2.45) is 0 Å². The average Bonchev–Trinajstić information content (AvgIpc) is 2.88. The zero-order valence-corrected chi connectivity index (χ0v) is 13.9. The molecule has 1 N–H and O–H groups in total. The summed E-state index contributed by atoms with van der Waals surface area (Å²) in [5.41, 5.74) is 3.99. The quantitative estimate of drug-likeness (QED) is 0.802. The summed E-state index contributed by atoms with van der Waals surface area (Å²) in [5, 5.41) is 7.22. The van der Waals surface area contributed by atoms with Crippen LogP contribution in [0.4, 0.5) is 5.82 Å². The molecule has 3 rings (SSSR count). The number of aromatic nitrogens is 4. The van der Waals surface area contributed by atoms with Gasteiger partial charge in [0.2, 0.25) is 5.91 Å². The first kappa shape index (κ1) is 15.9. The molecule has 0 aliphatic heterocycles. The maximum absolute atomic E-state index is 12.3. The fourth-order valence-electron chi connectivity index (χ4n) is 2.56. The summed E-state index contributed by atoms with van der Waals surface area (Å²) >= 11 is 0. The van der Waals surface area contributed by atoms with Crippen molar-refractivity contribution in [3.63, 3.8) is 0 Å². The van der Waals surface area contributed by atoms with Crippen LogP contribution in [0.15, 0.2) is 42.7 Å². The molecule has 0 aliphatic rings. The molecule has 0 unspecified atom stereocenters. The van der Waals surface area contributed by atoms with E-state index in [1.54, 1.807) is 10.7 Å². The van der Waals surface area contributed by atoms with Gasteiger partial charge in [0.05, 0.1) is 12.1 Å². The van der Waals surface area contributed by atoms with Crippen LogP contribution < -0.4 is 5.32 Å². The van der Waals surface area contributed by atoms with E-state index in [4.69, 9.17) is 0 Å². The van der Waals surface area contributed by atoms with E-state index < -0.39 is 0 Å². The topological polar surface area (TPSA) is 72.7 Å². The second-order valence-corrected chi connectivity index (χ2v) is 5.75. The molecule has 1 amide bonds. The van der Waals surface area contributed by atoms with E-state index in [0.29, 0.717) is 18.1 Å². The fourth-order valence-corrected chi connectivity index (χ4v) is 2.56. The van der Waals surface area contributed by atoms with Crippen LogP contribution in [0, 0.1) is 20.8 Å². The van der Waals surface area contributed by atoms with Crippen LogP contribution in [-0.4, -0.2) is 25.7 Å². The number of anilines is 1. The first-order valence-electron chi connectivity index (χ1n) is 7.73. The predicted molar refractivity (Wildman–Crippen MR) is 92.1 cm³/mol. The van der Waals surface area contributed by atoms with E-state index in [1.165, 1.54) is 6.33 Å². The zero-order chi connectivity index (χ0) is 17.1. The Morgan fingerprint density at radius 2 is 1.92 bits per heavy atom. The Kier molecular flexibility index (Phi) is 4.37. The Labute approximate surface area is 140 Å². The number of benzene rings is 1. The summed E-state index contributed by atoms with van der Waals surface area (Å²) in [4.78, 5) is 20.6. The molecule has 2 heterocycles. The molecular weight excluding hydrogens is 302 g/mol. The molecular formula is C18H19N5O. The monoisotopic (exact) mass is 321 g/mol. The van der Waals surface area contributed by atoms with E-state index in [1.807, 2.05) is 51.1 Å². The van der Waals surface area contributed by atoms with Gasteiger partial charge in [-0.05, 0) is 38.0 Å². The summed E-state index contributed by atoms with van der Waals surface area (Å²) in [6.07, 6.45) is 1.74. The van der Waals surface area contributed by atoms with Gasteiger partial charge in [-0.2, -0.15) is 5.10 Å². The molecule has 0 radical (unpaired) electrons. The molecule has 1 aromatic carbocycles. The van der Waals surface area contributed by atoms with Crippen molar-refractivity contribution < 1.29 is 4.79 Å². The van der Waals surface area contributed by atoms with E-state index in [2.05, 4.69) is 20.4 Å². The molecule has 0 aliphatic carbocycles. The van der Waals surface area contributed by atoms with Gasteiger partial charge in [0.1, 0.15) is 12.1 Å². The van der Waals surface area contributed by atoms with Crippen molar-refractivity contribution in [1.29, 1.82) is 0 Å². The minimum atomic E-state index is -0.109. The van der Waals surface area contributed by atoms with E-state index in [9.17, 15) is 4.79 Å². The maximum Gasteiger partial charge on any atom is 0.229 e. The third-order valence-corrected chi connectivity index (χ3v) is 3.76. The summed E-state index contributed by atoms with van der Waals surface area (Å²) in [6, 6.07) is 11.5. The van der Waals surface area contributed by atoms with Gasteiger partial charge in [-0.15, -0.1) is 0 Å². The number of hydrogen-bond donors (Lipinski definition) is 1. The van der Waals surface area contributed by atoms with Crippen molar-refractivity contribution in [3.8, 4) is 5.82 Å².